The van der Waals surface area contributed by atoms with Crippen molar-refractivity contribution in [2.45, 2.75) is 93.4 Å². The molecule has 0 spiro atoms. The number of hydrogen-bond donors (Lipinski definition) is 0. The first-order valence-electron chi connectivity index (χ1n) is 12.4. The normalized spacial score (nSPS) is 10.6. The van der Waals surface area contributed by atoms with Gasteiger partial charge in [0.15, 0.2) is 0 Å². The third-order valence-electron chi connectivity index (χ3n) is 5.82. The van der Waals surface area contributed by atoms with Crippen LogP contribution in [0.1, 0.15) is 109 Å². The molecule has 3 aromatic carbocycles. The predicted octanol–water partition coefficient (Wildman–Crippen LogP) is 11.3. The Hall–Kier alpha value is -2.05. The molecule has 0 aromatic heterocycles. The fourth-order valence-corrected chi connectivity index (χ4v) is 4.11. The lowest BCUT2D eigenvalue weighted by atomic mass is 9.94. The zero-order valence-electron chi connectivity index (χ0n) is 22.6. The van der Waals surface area contributed by atoms with Gasteiger partial charge in [0, 0.05) is 9.30 Å². The molecule has 0 aliphatic rings. The molecule has 33 heavy (non-hydrogen) atoms. The summed E-state index contributed by atoms with van der Waals surface area (Å²) in [7, 11) is 0. The van der Waals surface area contributed by atoms with Gasteiger partial charge in [0.2, 0.25) is 0 Å². The highest BCUT2D eigenvalue weighted by molar-refractivity contribution is 6.31. The summed E-state index contributed by atoms with van der Waals surface area (Å²) in [6.07, 6.45) is 1.15. The van der Waals surface area contributed by atoms with Crippen LogP contribution in [0.2, 0.25) is 5.02 Å². The first-order valence-corrected chi connectivity index (χ1v) is 12.8. The summed E-state index contributed by atoms with van der Waals surface area (Å²) in [5, 5.41) is 0.889. The maximum atomic E-state index is 6.02. The van der Waals surface area contributed by atoms with Gasteiger partial charge in [0.1, 0.15) is 0 Å². The van der Waals surface area contributed by atoms with Crippen LogP contribution in [0.15, 0.2) is 60.7 Å². The van der Waals surface area contributed by atoms with Gasteiger partial charge in [-0.05, 0) is 78.8 Å². The van der Waals surface area contributed by atoms with Crippen molar-refractivity contribution in [2.24, 2.45) is 0 Å². The average Bonchev–Trinajstić information content (AvgIpc) is 2.74. The largest absolute Gasteiger partial charge is 0.0840 e. The lowest BCUT2D eigenvalue weighted by molar-refractivity contribution is 0.843. The molecule has 0 aliphatic heterocycles. The number of hydrogen-bond acceptors (Lipinski definition) is 0. The van der Waals surface area contributed by atoms with Gasteiger partial charge in [0.25, 0.3) is 0 Å². The van der Waals surface area contributed by atoms with Crippen molar-refractivity contribution < 1.29 is 4.28 Å². The Labute approximate surface area is 213 Å². The van der Waals surface area contributed by atoms with Crippen LogP contribution in [-0.4, -0.2) is 0 Å². The topological polar surface area (TPSA) is 0 Å². The summed E-state index contributed by atoms with van der Waals surface area (Å²) in [6, 6.07) is 21.7. The van der Waals surface area contributed by atoms with Crippen LogP contribution in [0.25, 0.3) is 0 Å². The Morgan fingerprint density at radius 1 is 0.606 bits per heavy atom. The Morgan fingerprint density at radius 3 is 1.48 bits per heavy atom. The third kappa shape index (κ3) is 10.2. The third-order valence-corrected chi connectivity index (χ3v) is 6.15. The van der Waals surface area contributed by atoms with Crippen LogP contribution in [0, 0.1) is 20.8 Å². The molecular weight excluding hydrogens is 420 g/mol. The minimum Gasteiger partial charge on any atom is -0.0840 e. The first kappa shape index (κ1) is 29.0. The highest BCUT2D eigenvalue weighted by Gasteiger charge is 2.04. The average molecular weight is 474 g/mol. The second-order valence-corrected chi connectivity index (χ2v) is 10.4. The standard InChI is InChI=1S/C12H18.C10H13Cl.C10H14.3H2/c1-5-11-8-10(4)6-7-12(11)9(2)3;1-7(2)9-5-4-8(3)6-10(9)11;1-8(2)10-6-4-9(3)5-7-10;;;/h6-9H,5H2,1-4H3;4-7H,1-3H3;4-8H,1-3H3;3*1H/i;;;3*1+1. The summed E-state index contributed by atoms with van der Waals surface area (Å²) in [5.41, 5.74) is 9.59. The molecule has 0 saturated heterocycles. The molecule has 0 radical (unpaired) electrons. The monoisotopic (exact) mass is 473 g/mol. The minimum atomic E-state index is 0. The van der Waals surface area contributed by atoms with Crippen LogP contribution in [0.5, 0.6) is 0 Å². The molecule has 0 nitrogen and oxygen atoms in total. The zero-order chi connectivity index (χ0) is 25.1. The van der Waals surface area contributed by atoms with Crippen LogP contribution < -0.4 is 0 Å². The van der Waals surface area contributed by atoms with Gasteiger partial charge in [-0.2, -0.15) is 0 Å². The first-order chi connectivity index (χ1) is 15.5. The lowest BCUT2D eigenvalue weighted by Gasteiger charge is -2.11. The maximum Gasteiger partial charge on any atom is 0.0443 e. The molecular formula is C32H51Cl. The number of aryl methyl sites for hydroxylation is 4. The van der Waals surface area contributed by atoms with E-state index in [1.807, 2.05) is 6.07 Å². The molecule has 0 fully saturated rings. The fraction of sp³-hybridized carbons (Fsp3) is 0.438. The molecule has 0 aliphatic carbocycles. The van der Waals surface area contributed by atoms with Crippen molar-refractivity contribution in [2.75, 3.05) is 0 Å². The number of halogens is 1. The number of rotatable bonds is 4. The maximum absolute atomic E-state index is 6.02. The van der Waals surface area contributed by atoms with Crippen molar-refractivity contribution in [3.8, 4) is 0 Å². The zero-order valence-corrected chi connectivity index (χ0v) is 23.3. The van der Waals surface area contributed by atoms with E-state index in [4.69, 9.17) is 11.6 Å². The van der Waals surface area contributed by atoms with Gasteiger partial charge >= 0.3 is 0 Å². The molecule has 1 heteroatoms. The molecule has 0 unspecified atom stereocenters. The Balaban J connectivity index is -0.000000437. The minimum absolute atomic E-state index is 0. The molecule has 0 amide bonds. The van der Waals surface area contributed by atoms with Crippen LogP contribution in [-0.2, 0) is 6.42 Å². The van der Waals surface area contributed by atoms with Gasteiger partial charge < -0.3 is 0 Å². The molecule has 0 N–H and O–H groups in total. The fourth-order valence-electron chi connectivity index (χ4n) is 3.66. The summed E-state index contributed by atoms with van der Waals surface area (Å²) < 4.78 is 0. The molecule has 3 aromatic rings. The predicted molar refractivity (Wildman–Crippen MR) is 157 cm³/mol. The lowest BCUT2D eigenvalue weighted by Crippen LogP contribution is -1.95. The van der Waals surface area contributed by atoms with E-state index in [2.05, 4.69) is 124 Å². The Morgan fingerprint density at radius 2 is 1.06 bits per heavy atom. The molecule has 0 atom stereocenters. The molecule has 186 valence electrons. The van der Waals surface area contributed by atoms with E-state index in [9.17, 15) is 0 Å². The van der Waals surface area contributed by atoms with E-state index in [-0.39, 0.29) is 4.28 Å². The van der Waals surface area contributed by atoms with E-state index in [0.717, 1.165) is 11.4 Å². The highest BCUT2D eigenvalue weighted by atomic mass is 35.5. The van der Waals surface area contributed by atoms with Crippen LogP contribution in [0.3, 0.4) is 0 Å². The SMILES string of the molecule is CCc1cc(C)ccc1C(C)C.Cc1ccc(C(C)C)c(Cl)c1.Cc1ccc(C(C)C)cc1.[2HH].[2HH].[2HH]. The summed E-state index contributed by atoms with van der Waals surface area (Å²) in [5.74, 6) is 1.82. The Bertz CT molecular complexity index is 977. The van der Waals surface area contributed by atoms with Crippen molar-refractivity contribution in [3.05, 3.63) is 105 Å². The van der Waals surface area contributed by atoms with E-state index in [0.29, 0.717) is 17.8 Å². The smallest absolute Gasteiger partial charge is 0.0443 e. The summed E-state index contributed by atoms with van der Waals surface area (Å²) >= 11 is 6.02. The second kappa shape index (κ2) is 14.3. The van der Waals surface area contributed by atoms with Gasteiger partial charge in [-0.25, -0.2) is 0 Å². The molecule has 0 heterocycles. The number of benzene rings is 3. The van der Waals surface area contributed by atoms with E-state index in [1.165, 1.54) is 38.9 Å². The molecule has 0 bridgehead atoms. The Kier molecular flexibility index (Phi) is 12.5. The second-order valence-electron chi connectivity index (χ2n) is 9.96. The van der Waals surface area contributed by atoms with Crippen molar-refractivity contribution in [3.63, 3.8) is 0 Å². The van der Waals surface area contributed by atoms with Crippen molar-refractivity contribution in [1.82, 2.24) is 0 Å². The quantitative estimate of drug-likeness (QED) is 0.353. The molecule has 3 rings (SSSR count). The van der Waals surface area contributed by atoms with Gasteiger partial charge in [-0.15, -0.1) is 0 Å². The van der Waals surface area contributed by atoms with E-state index in [1.54, 1.807) is 0 Å². The van der Waals surface area contributed by atoms with E-state index < -0.39 is 0 Å². The van der Waals surface area contributed by atoms with Gasteiger partial charge in [-0.3, -0.25) is 0 Å². The van der Waals surface area contributed by atoms with Crippen molar-refractivity contribution in [1.29, 1.82) is 0 Å². The molecule has 0 saturated carbocycles. The summed E-state index contributed by atoms with van der Waals surface area (Å²) in [6.45, 7) is 21.8. The van der Waals surface area contributed by atoms with Crippen molar-refractivity contribution >= 4 is 11.6 Å². The highest BCUT2D eigenvalue weighted by Crippen LogP contribution is 2.24. The van der Waals surface area contributed by atoms with Crippen LogP contribution >= 0.6 is 11.6 Å². The van der Waals surface area contributed by atoms with Gasteiger partial charge in [-0.1, -0.05) is 126 Å². The van der Waals surface area contributed by atoms with Gasteiger partial charge in [0.05, 0.1) is 0 Å². The summed E-state index contributed by atoms with van der Waals surface area (Å²) in [4.78, 5) is 0. The van der Waals surface area contributed by atoms with E-state index >= 15 is 0 Å². The van der Waals surface area contributed by atoms with Crippen LogP contribution in [0.4, 0.5) is 0 Å².